The minimum absolute atomic E-state index is 0.124. The summed E-state index contributed by atoms with van der Waals surface area (Å²) < 4.78 is 6.03. The van der Waals surface area contributed by atoms with E-state index in [1.807, 2.05) is 27.7 Å². The number of nitrogens with zero attached hydrogens (tertiary/aromatic N) is 3. The number of carboxylic acids is 1. The van der Waals surface area contributed by atoms with E-state index in [0.717, 1.165) is 29.7 Å². The molecule has 3 N–H and O–H groups in total. The lowest BCUT2D eigenvalue weighted by Gasteiger charge is -2.18. The molecule has 1 aliphatic rings. The number of benzene rings is 1. The molecule has 1 heterocycles. The number of aromatic carboxylic acids is 1. The maximum absolute atomic E-state index is 11.5. The summed E-state index contributed by atoms with van der Waals surface area (Å²) in [7, 11) is 0. The van der Waals surface area contributed by atoms with Gasteiger partial charge < -0.3 is 15.6 Å². The largest absolute Gasteiger partial charge is 0.478 e. The van der Waals surface area contributed by atoms with E-state index in [4.69, 9.17) is 10.5 Å². The van der Waals surface area contributed by atoms with Crippen LogP contribution in [0.4, 0.5) is 5.69 Å². The third-order valence-corrected chi connectivity index (χ3v) is 4.71. The van der Waals surface area contributed by atoms with Crippen molar-refractivity contribution < 1.29 is 14.6 Å². The van der Waals surface area contributed by atoms with Crippen LogP contribution in [-0.4, -0.2) is 26.9 Å². The molecule has 1 fully saturated rings. The Bertz CT molecular complexity index is 920. The number of aryl methyl sites for hydroxylation is 2. The van der Waals surface area contributed by atoms with E-state index in [1.165, 1.54) is 0 Å². The van der Waals surface area contributed by atoms with E-state index >= 15 is 0 Å². The summed E-state index contributed by atoms with van der Waals surface area (Å²) in [6, 6.07) is 5.00. The molecule has 0 saturated heterocycles. The lowest BCUT2D eigenvalue weighted by molar-refractivity contribution is 0.0697. The van der Waals surface area contributed by atoms with Crippen molar-refractivity contribution >= 4 is 17.5 Å². The number of carboxylic acid groups (broad SMARTS) is 1. The number of aromatic nitrogens is 2. The van der Waals surface area contributed by atoms with Crippen LogP contribution in [0.5, 0.6) is 5.88 Å². The smallest absolute Gasteiger partial charge is 0.337 e. The summed E-state index contributed by atoms with van der Waals surface area (Å²) in [5, 5.41) is 9.44. The van der Waals surface area contributed by atoms with Gasteiger partial charge in [0.1, 0.15) is 17.8 Å². The molecule has 0 unspecified atom stereocenters. The van der Waals surface area contributed by atoms with Crippen LogP contribution in [0.3, 0.4) is 0 Å². The first kappa shape index (κ1) is 18.8. The molecule has 0 radical (unpaired) electrons. The van der Waals surface area contributed by atoms with E-state index in [2.05, 4.69) is 15.0 Å². The third kappa shape index (κ3) is 4.24. The zero-order chi connectivity index (χ0) is 19.7. The second-order valence-electron chi connectivity index (χ2n) is 6.94. The highest BCUT2D eigenvalue weighted by atomic mass is 16.5. The highest BCUT2D eigenvalue weighted by Gasteiger charge is 2.26. The highest BCUT2D eigenvalue weighted by molar-refractivity contribution is 5.96. The standard InChI is InChI=1S/C20H24N4O3/c1-10-11(2)22-13(4)23-19(10)27-12(3)15-7-8-16(20(25)26)17(9-15)24-18(21)14-5-6-14/h7-9,12,14H,5-6H2,1-4H3,(H2,21,24)(H,25,26)/t12-/m0/s1. The molecule has 7 nitrogen and oxygen atoms in total. The van der Waals surface area contributed by atoms with Crippen LogP contribution < -0.4 is 10.5 Å². The van der Waals surface area contributed by atoms with Gasteiger partial charge >= 0.3 is 5.97 Å². The normalized spacial score (nSPS) is 15.5. The fourth-order valence-corrected chi connectivity index (χ4v) is 2.77. The number of ether oxygens (including phenoxy) is 1. The minimum atomic E-state index is -1.03. The second kappa shape index (κ2) is 7.34. The first-order valence-corrected chi connectivity index (χ1v) is 8.96. The monoisotopic (exact) mass is 368 g/mol. The summed E-state index contributed by atoms with van der Waals surface area (Å²) >= 11 is 0. The molecular formula is C20H24N4O3. The van der Waals surface area contributed by atoms with Gasteiger partial charge in [0.25, 0.3) is 0 Å². The molecule has 142 valence electrons. The molecule has 7 heteroatoms. The van der Waals surface area contributed by atoms with Crippen molar-refractivity contribution in [1.29, 1.82) is 0 Å². The molecule has 0 spiro atoms. The van der Waals surface area contributed by atoms with Gasteiger partial charge in [-0.05, 0) is 58.2 Å². The van der Waals surface area contributed by atoms with Gasteiger partial charge in [-0.2, -0.15) is 4.98 Å². The Morgan fingerprint density at radius 2 is 2.00 bits per heavy atom. The van der Waals surface area contributed by atoms with E-state index in [9.17, 15) is 9.90 Å². The Labute approximate surface area is 158 Å². The zero-order valence-electron chi connectivity index (χ0n) is 16.0. The molecule has 3 rings (SSSR count). The Kier molecular flexibility index (Phi) is 5.12. The molecule has 1 aromatic carbocycles. The Morgan fingerprint density at radius 3 is 2.63 bits per heavy atom. The molecule has 2 aromatic rings. The van der Waals surface area contributed by atoms with Gasteiger partial charge in [0.15, 0.2) is 0 Å². The van der Waals surface area contributed by atoms with E-state index in [1.54, 1.807) is 18.2 Å². The van der Waals surface area contributed by atoms with Crippen molar-refractivity contribution in [2.45, 2.75) is 46.6 Å². The fraction of sp³-hybridized carbons (Fsp3) is 0.400. The molecular weight excluding hydrogens is 344 g/mol. The number of hydrogen-bond acceptors (Lipinski definition) is 5. The summed E-state index contributed by atoms with van der Waals surface area (Å²) in [4.78, 5) is 24.6. The summed E-state index contributed by atoms with van der Waals surface area (Å²) in [6.07, 6.45) is 1.67. The zero-order valence-corrected chi connectivity index (χ0v) is 16.0. The second-order valence-corrected chi connectivity index (χ2v) is 6.94. The lowest BCUT2D eigenvalue weighted by Crippen LogP contribution is -2.14. The maximum Gasteiger partial charge on any atom is 0.337 e. The Balaban J connectivity index is 1.92. The number of carbonyl (C=O) groups is 1. The van der Waals surface area contributed by atoms with Gasteiger partial charge in [-0.3, -0.25) is 0 Å². The van der Waals surface area contributed by atoms with E-state index in [-0.39, 0.29) is 17.6 Å². The van der Waals surface area contributed by atoms with Crippen molar-refractivity contribution in [1.82, 2.24) is 9.97 Å². The van der Waals surface area contributed by atoms with Crippen LogP contribution in [0, 0.1) is 26.7 Å². The van der Waals surface area contributed by atoms with Crippen molar-refractivity contribution in [3.63, 3.8) is 0 Å². The van der Waals surface area contributed by atoms with Gasteiger partial charge in [-0.25, -0.2) is 14.8 Å². The van der Waals surface area contributed by atoms with E-state index < -0.39 is 5.97 Å². The molecule has 1 aliphatic carbocycles. The molecule has 1 saturated carbocycles. The Hall–Kier alpha value is -2.96. The third-order valence-electron chi connectivity index (χ3n) is 4.71. The number of amidine groups is 1. The molecule has 0 amide bonds. The van der Waals surface area contributed by atoms with Crippen molar-refractivity contribution in [2.24, 2.45) is 16.6 Å². The summed E-state index contributed by atoms with van der Waals surface area (Å²) in [5.41, 5.74) is 9.02. The number of nitrogens with two attached hydrogens (primary N) is 1. The van der Waals surface area contributed by atoms with Gasteiger partial charge in [0.05, 0.1) is 11.3 Å². The first-order chi connectivity index (χ1) is 12.8. The number of rotatable bonds is 6. The first-order valence-electron chi connectivity index (χ1n) is 8.96. The quantitative estimate of drug-likeness (QED) is 0.595. The Morgan fingerprint density at radius 1 is 1.30 bits per heavy atom. The van der Waals surface area contributed by atoms with Crippen LogP contribution in [-0.2, 0) is 0 Å². The van der Waals surface area contributed by atoms with E-state index in [0.29, 0.717) is 23.2 Å². The summed E-state index contributed by atoms with van der Waals surface area (Å²) in [6.45, 7) is 7.53. The molecule has 0 bridgehead atoms. The predicted octanol–water partition coefficient (Wildman–Crippen LogP) is 3.64. The average Bonchev–Trinajstić information content (AvgIpc) is 3.44. The minimum Gasteiger partial charge on any atom is -0.478 e. The molecule has 0 aliphatic heterocycles. The van der Waals surface area contributed by atoms with Gasteiger partial charge in [0, 0.05) is 17.2 Å². The number of hydrogen-bond donors (Lipinski definition) is 2. The predicted molar refractivity (Wildman–Crippen MR) is 103 cm³/mol. The molecule has 1 aromatic heterocycles. The fourth-order valence-electron chi connectivity index (χ4n) is 2.77. The van der Waals surface area contributed by atoms with Crippen LogP contribution >= 0.6 is 0 Å². The highest BCUT2D eigenvalue weighted by Crippen LogP contribution is 2.32. The van der Waals surface area contributed by atoms with Crippen LogP contribution in [0.1, 0.15) is 58.9 Å². The maximum atomic E-state index is 11.5. The summed E-state index contributed by atoms with van der Waals surface area (Å²) in [5.74, 6) is 0.886. The molecule has 27 heavy (non-hydrogen) atoms. The lowest BCUT2D eigenvalue weighted by atomic mass is 10.1. The van der Waals surface area contributed by atoms with Gasteiger partial charge in [-0.15, -0.1) is 0 Å². The van der Waals surface area contributed by atoms with Crippen LogP contribution in [0.25, 0.3) is 0 Å². The van der Waals surface area contributed by atoms with Crippen molar-refractivity contribution in [3.05, 3.63) is 46.4 Å². The van der Waals surface area contributed by atoms with Gasteiger partial charge in [0.2, 0.25) is 5.88 Å². The number of aliphatic imine (C=N–C) groups is 1. The topological polar surface area (TPSA) is 111 Å². The van der Waals surface area contributed by atoms with Crippen LogP contribution in [0.15, 0.2) is 23.2 Å². The van der Waals surface area contributed by atoms with Gasteiger partial charge in [-0.1, -0.05) is 6.07 Å². The van der Waals surface area contributed by atoms with Crippen LogP contribution in [0.2, 0.25) is 0 Å². The SMILES string of the molecule is Cc1nc(C)c(C)c(O[C@@H](C)c2ccc(C(=O)O)c(N=C(N)C3CC3)c2)n1. The van der Waals surface area contributed by atoms with Crippen molar-refractivity contribution in [3.8, 4) is 5.88 Å². The molecule has 1 atom stereocenters. The average molecular weight is 368 g/mol. The van der Waals surface area contributed by atoms with Crippen molar-refractivity contribution in [2.75, 3.05) is 0 Å².